The highest BCUT2D eigenvalue weighted by Crippen LogP contribution is 1.74. The number of hydrogen-bond donors (Lipinski definition) is 4. The minimum Gasteiger partial charge on any atom is -0.344 e. The predicted molar refractivity (Wildman–Crippen MR) is 44.7 cm³/mol. The zero-order chi connectivity index (χ0) is 5.98. The molecule has 0 aliphatic carbocycles. The Hall–Kier alpha value is -0.630. The van der Waals surface area contributed by atoms with Gasteiger partial charge in [-0.25, -0.2) is 4.98 Å². The Morgan fingerprint density at radius 1 is 1.30 bits per heavy atom. The van der Waals surface area contributed by atoms with Crippen LogP contribution in [0.3, 0.4) is 0 Å². The Morgan fingerprint density at radius 2 is 1.90 bits per heavy atom. The van der Waals surface area contributed by atoms with Crippen molar-refractivity contribution in [1.29, 1.82) is 0 Å². The van der Waals surface area contributed by atoms with Crippen LogP contribution in [0.15, 0.2) is 6.33 Å². The van der Waals surface area contributed by atoms with Crippen LogP contribution in [0.1, 0.15) is 0 Å². The Bertz CT molecular complexity index is 249. The first kappa shape index (κ1) is 12.1. The molecule has 1 aromatic heterocycles. The zero-order valence-electron chi connectivity index (χ0n) is 5.26. The fourth-order valence-electron chi connectivity index (χ4n) is 0.315. The van der Waals surface area contributed by atoms with Crippen molar-refractivity contribution in [3.05, 3.63) is 15.9 Å². The maximum atomic E-state index is 4.68. The third kappa shape index (κ3) is 3.41. The van der Waals surface area contributed by atoms with E-state index >= 15 is 0 Å². The van der Waals surface area contributed by atoms with E-state index in [1.54, 1.807) is 0 Å². The van der Waals surface area contributed by atoms with E-state index in [-0.39, 0.29) is 12.3 Å². The maximum absolute atomic E-state index is 4.68. The second kappa shape index (κ2) is 5.18. The molecule has 0 saturated carbocycles. The highest BCUT2D eigenvalue weighted by Gasteiger charge is 1.72. The lowest BCUT2D eigenvalue weighted by Gasteiger charge is -1.80. The quantitative estimate of drug-likeness (QED) is 0.451. The summed E-state index contributed by atoms with van der Waals surface area (Å²) in [4.78, 5) is 8.96. The number of nitrogens with one attached hydrogen (secondary N) is 2. The summed E-state index contributed by atoms with van der Waals surface area (Å²) in [7, 11) is 0. The van der Waals surface area contributed by atoms with Gasteiger partial charge in [-0.2, -0.15) is 0 Å². The second-order valence-electron chi connectivity index (χ2n) is 1.16. The number of hydrogen-bond acceptors (Lipinski definition) is 5. The molecule has 0 saturated heterocycles. The number of aromatic amines is 2. The zero-order valence-corrected chi connectivity index (χ0v) is 6.89. The largest absolute Gasteiger partial charge is 0.344 e. The van der Waals surface area contributed by atoms with Crippen molar-refractivity contribution in [2.75, 3.05) is 0 Å². The molecule has 1 aromatic rings. The molecule has 0 amide bonds. The van der Waals surface area contributed by atoms with Gasteiger partial charge in [0.15, 0.2) is 9.54 Å². The molecule has 0 unspecified atom stereocenters. The minimum absolute atomic E-state index is 0. The fraction of sp³-hybridized carbons (Fsp3) is 0. The van der Waals surface area contributed by atoms with Crippen molar-refractivity contribution in [1.82, 2.24) is 27.3 Å². The minimum atomic E-state index is 0. The van der Waals surface area contributed by atoms with Crippen LogP contribution in [0.5, 0.6) is 0 Å². The lowest BCUT2D eigenvalue weighted by atomic mass is 11.1. The molecule has 0 aromatic carbocycles. The van der Waals surface area contributed by atoms with Crippen LogP contribution in [0.4, 0.5) is 0 Å². The van der Waals surface area contributed by atoms with Crippen molar-refractivity contribution in [3.63, 3.8) is 0 Å². The third-order valence-electron chi connectivity index (χ3n) is 0.598. The fourth-order valence-corrected chi connectivity index (χ4v) is 0.684. The smallest absolute Gasteiger partial charge is 0.200 e. The molecule has 8 N–H and O–H groups in total. The molecule has 10 heavy (non-hydrogen) atoms. The predicted octanol–water partition coefficient (Wildman–Crippen LogP) is 1.52. The standard InChI is InChI=1S/C3H3N3S2.2H3N/c7-2-4-1-5-3(8)6-2;;/h1H,(H2,4,5,6,7,8);2*1H3. The van der Waals surface area contributed by atoms with Gasteiger partial charge < -0.3 is 22.3 Å². The van der Waals surface area contributed by atoms with Crippen LogP contribution in [0.25, 0.3) is 0 Å². The van der Waals surface area contributed by atoms with Crippen molar-refractivity contribution in [2.45, 2.75) is 0 Å². The van der Waals surface area contributed by atoms with Gasteiger partial charge in [0, 0.05) is 0 Å². The average Bonchev–Trinajstić information content (AvgIpc) is 1.64. The molecule has 0 atom stereocenters. The molecule has 58 valence electrons. The van der Waals surface area contributed by atoms with Gasteiger partial charge in [0.2, 0.25) is 0 Å². The normalized spacial score (nSPS) is 7.20. The van der Waals surface area contributed by atoms with Crippen LogP contribution in [-0.4, -0.2) is 15.0 Å². The van der Waals surface area contributed by atoms with E-state index in [1.165, 1.54) is 6.33 Å². The molecule has 1 heterocycles. The maximum Gasteiger partial charge on any atom is 0.200 e. The molecule has 0 aliphatic rings. The van der Waals surface area contributed by atoms with Crippen LogP contribution < -0.4 is 12.3 Å². The van der Waals surface area contributed by atoms with E-state index in [2.05, 4.69) is 39.4 Å². The molecule has 0 radical (unpaired) electrons. The molecule has 0 aliphatic heterocycles. The second-order valence-corrected chi connectivity index (χ2v) is 1.96. The van der Waals surface area contributed by atoms with Gasteiger partial charge in [0.1, 0.15) is 0 Å². The van der Waals surface area contributed by atoms with Gasteiger partial charge in [-0.05, 0) is 24.4 Å². The van der Waals surface area contributed by atoms with Crippen molar-refractivity contribution in [2.24, 2.45) is 0 Å². The molecule has 1 rings (SSSR count). The Labute approximate surface area is 68.1 Å². The number of aromatic nitrogens is 3. The highest BCUT2D eigenvalue weighted by molar-refractivity contribution is 7.71. The van der Waals surface area contributed by atoms with Crippen molar-refractivity contribution < 1.29 is 0 Å². The summed E-state index contributed by atoms with van der Waals surface area (Å²) in [5.74, 6) is 0. The summed E-state index contributed by atoms with van der Waals surface area (Å²) < 4.78 is 0.916. The molecular formula is C3H9N5S2. The van der Waals surface area contributed by atoms with E-state index in [9.17, 15) is 0 Å². The van der Waals surface area contributed by atoms with Crippen LogP contribution >= 0.6 is 24.4 Å². The van der Waals surface area contributed by atoms with E-state index in [1.807, 2.05) is 0 Å². The lowest BCUT2D eigenvalue weighted by Crippen LogP contribution is -1.82. The third-order valence-corrected chi connectivity index (χ3v) is 1.03. The molecule has 0 fully saturated rings. The summed E-state index contributed by atoms with van der Waals surface area (Å²) >= 11 is 9.33. The first-order valence-corrected chi connectivity index (χ1v) is 2.75. The molecule has 7 heteroatoms. The number of rotatable bonds is 0. The Balaban J connectivity index is 0. The van der Waals surface area contributed by atoms with Gasteiger partial charge in [-0.1, -0.05) is 0 Å². The van der Waals surface area contributed by atoms with Gasteiger partial charge in [0.25, 0.3) is 0 Å². The topological polar surface area (TPSA) is 114 Å². The van der Waals surface area contributed by atoms with Crippen LogP contribution in [0.2, 0.25) is 0 Å². The summed E-state index contributed by atoms with van der Waals surface area (Å²) in [5.41, 5.74) is 0. The van der Waals surface area contributed by atoms with E-state index in [4.69, 9.17) is 0 Å². The molecule has 0 spiro atoms. The van der Waals surface area contributed by atoms with Gasteiger partial charge in [-0.15, -0.1) is 0 Å². The molecular weight excluding hydrogens is 170 g/mol. The monoisotopic (exact) mass is 179 g/mol. The SMILES string of the molecule is N.N.S=c1nc[nH]c(=S)[nH]1. The summed E-state index contributed by atoms with van der Waals surface area (Å²) in [6.45, 7) is 0. The summed E-state index contributed by atoms with van der Waals surface area (Å²) in [5, 5.41) is 0. The van der Waals surface area contributed by atoms with Gasteiger partial charge in [-0.3, -0.25) is 0 Å². The first-order chi connectivity index (χ1) is 3.79. The molecule has 0 bridgehead atoms. The Kier molecular flexibility index (Phi) is 6.26. The summed E-state index contributed by atoms with van der Waals surface area (Å²) in [6.07, 6.45) is 1.46. The summed E-state index contributed by atoms with van der Waals surface area (Å²) in [6, 6.07) is 0. The number of nitrogens with zero attached hydrogens (tertiary/aromatic N) is 1. The highest BCUT2D eigenvalue weighted by atomic mass is 32.1. The average molecular weight is 179 g/mol. The van der Waals surface area contributed by atoms with Crippen LogP contribution in [0, 0.1) is 9.54 Å². The van der Waals surface area contributed by atoms with E-state index < -0.39 is 0 Å². The Morgan fingerprint density at radius 3 is 2.20 bits per heavy atom. The van der Waals surface area contributed by atoms with Crippen molar-refractivity contribution in [3.8, 4) is 0 Å². The van der Waals surface area contributed by atoms with Crippen molar-refractivity contribution >= 4 is 24.4 Å². The van der Waals surface area contributed by atoms with Gasteiger partial charge in [0.05, 0.1) is 6.33 Å². The van der Waals surface area contributed by atoms with Gasteiger partial charge >= 0.3 is 0 Å². The molecule has 5 nitrogen and oxygen atoms in total. The van der Waals surface area contributed by atoms with E-state index in [0.717, 1.165) is 0 Å². The first-order valence-electron chi connectivity index (χ1n) is 1.93. The van der Waals surface area contributed by atoms with Crippen LogP contribution in [-0.2, 0) is 0 Å². The number of H-pyrrole nitrogens is 2. The lowest BCUT2D eigenvalue weighted by molar-refractivity contribution is 1.00. The van der Waals surface area contributed by atoms with E-state index in [0.29, 0.717) is 9.54 Å².